The fourth-order valence-electron chi connectivity index (χ4n) is 2.21. The molecule has 0 bridgehead atoms. The lowest BCUT2D eigenvalue weighted by atomic mass is 10.00. The van der Waals surface area contributed by atoms with Gasteiger partial charge in [0.25, 0.3) is 10.1 Å². The first-order valence-corrected chi connectivity index (χ1v) is 7.63. The van der Waals surface area contributed by atoms with Gasteiger partial charge in [-0.15, -0.1) is 0 Å². The average Bonchev–Trinajstić information content (AvgIpc) is 2.64. The molecule has 1 aliphatic carbocycles. The van der Waals surface area contributed by atoms with Crippen LogP contribution < -0.4 is 0 Å². The maximum atomic E-state index is 11.0. The van der Waals surface area contributed by atoms with Gasteiger partial charge >= 0.3 is 0 Å². The molecule has 0 amide bonds. The van der Waals surface area contributed by atoms with Crippen molar-refractivity contribution in [3.05, 3.63) is 29.0 Å². The van der Waals surface area contributed by atoms with E-state index in [9.17, 15) is 8.42 Å². The van der Waals surface area contributed by atoms with Gasteiger partial charge in [0.1, 0.15) is 5.15 Å². The molecule has 0 N–H and O–H groups in total. The van der Waals surface area contributed by atoms with Crippen molar-refractivity contribution in [1.29, 1.82) is 0 Å². The number of aromatic nitrogens is 1. The summed E-state index contributed by atoms with van der Waals surface area (Å²) in [6.07, 6.45) is 5.03. The third-order valence-electron chi connectivity index (χ3n) is 2.92. The molecule has 1 aliphatic rings. The first-order chi connectivity index (χ1) is 7.94. The summed E-state index contributed by atoms with van der Waals surface area (Å²) in [5.74, 6) is 0.312. The highest BCUT2D eigenvalue weighted by Gasteiger charge is 2.29. The molecule has 1 aromatic rings. The van der Waals surface area contributed by atoms with Gasteiger partial charge in [-0.2, -0.15) is 8.42 Å². The van der Waals surface area contributed by atoms with Crippen LogP contribution in [0.2, 0.25) is 5.15 Å². The van der Waals surface area contributed by atoms with Gasteiger partial charge in [-0.05, 0) is 36.8 Å². The average molecular weight is 276 g/mol. The number of rotatable bonds is 3. The van der Waals surface area contributed by atoms with Crippen molar-refractivity contribution in [2.24, 2.45) is 0 Å². The molecule has 6 heteroatoms. The van der Waals surface area contributed by atoms with Crippen molar-refractivity contribution in [3.63, 3.8) is 0 Å². The Kier molecular flexibility index (Phi) is 3.70. The molecule has 0 unspecified atom stereocenters. The fourth-order valence-corrected chi connectivity index (χ4v) is 2.99. The smallest absolute Gasteiger partial charge is 0.264 e. The largest absolute Gasteiger partial charge is 0.267 e. The Bertz CT molecular complexity index is 486. The molecule has 0 saturated heterocycles. The van der Waals surface area contributed by atoms with E-state index in [1.165, 1.54) is 0 Å². The molecule has 0 aliphatic heterocycles. The minimum absolute atomic E-state index is 0.203. The quantitative estimate of drug-likeness (QED) is 0.628. The molecule has 17 heavy (non-hydrogen) atoms. The van der Waals surface area contributed by atoms with Crippen LogP contribution in [0.15, 0.2) is 18.3 Å². The van der Waals surface area contributed by atoms with E-state index < -0.39 is 10.1 Å². The monoisotopic (exact) mass is 275 g/mol. The highest BCUT2D eigenvalue weighted by atomic mass is 35.5. The molecule has 1 heterocycles. The summed E-state index contributed by atoms with van der Waals surface area (Å²) in [4.78, 5) is 4.03. The zero-order valence-corrected chi connectivity index (χ0v) is 11.0. The Morgan fingerprint density at radius 1 is 1.41 bits per heavy atom. The third kappa shape index (κ3) is 3.66. The summed E-state index contributed by atoms with van der Waals surface area (Å²) in [6.45, 7) is 0. The van der Waals surface area contributed by atoms with Crippen LogP contribution in [0.25, 0.3) is 0 Å². The van der Waals surface area contributed by atoms with Crippen molar-refractivity contribution in [3.8, 4) is 0 Å². The van der Waals surface area contributed by atoms with E-state index in [2.05, 4.69) is 4.98 Å². The Morgan fingerprint density at radius 3 is 2.76 bits per heavy atom. The molecule has 0 aromatic carbocycles. The van der Waals surface area contributed by atoms with Gasteiger partial charge in [-0.1, -0.05) is 17.7 Å². The van der Waals surface area contributed by atoms with Crippen molar-refractivity contribution in [1.82, 2.24) is 4.98 Å². The van der Waals surface area contributed by atoms with Crippen LogP contribution >= 0.6 is 11.6 Å². The zero-order chi connectivity index (χ0) is 12.5. The second-order valence-corrected chi connectivity index (χ2v) is 6.33. The van der Waals surface area contributed by atoms with Crippen LogP contribution in [0.1, 0.15) is 30.7 Å². The van der Waals surface area contributed by atoms with Crippen LogP contribution in [0.4, 0.5) is 0 Å². The van der Waals surface area contributed by atoms with E-state index in [0.717, 1.165) is 31.1 Å². The number of hydrogen-bond acceptors (Lipinski definition) is 4. The molecule has 1 aromatic heterocycles. The lowest BCUT2D eigenvalue weighted by Crippen LogP contribution is -2.14. The van der Waals surface area contributed by atoms with Crippen LogP contribution in [0, 0.1) is 0 Å². The van der Waals surface area contributed by atoms with Crippen molar-refractivity contribution >= 4 is 21.7 Å². The summed E-state index contributed by atoms with van der Waals surface area (Å²) < 4.78 is 27.0. The van der Waals surface area contributed by atoms with Crippen LogP contribution in [0.5, 0.6) is 0 Å². The zero-order valence-electron chi connectivity index (χ0n) is 9.47. The molecule has 2 rings (SSSR count). The van der Waals surface area contributed by atoms with Gasteiger partial charge in [-0.3, -0.25) is 4.18 Å². The molecule has 2 atom stereocenters. The van der Waals surface area contributed by atoms with Crippen LogP contribution in [-0.4, -0.2) is 25.8 Å². The number of nitrogens with zero attached hydrogens (tertiary/aromatic N) is 1. The van der Waals surface area contributed by atoms with E-state index in [0.29, 0.717) is 11.1 Å². The lowest BCUT2D eigenvalue weighted by Gasteiger charge is -2.11. The van der Waals surface area contributed by atoms with Crippen molar-refractivity contribution in [2.45, 2.75) is 31.3 Å². The summed E-state index contributed by atoms with van der Waals surface area (Å²) in [5, 5.41) is 0.468. The minimum atomic E-state index is -3.36. The van der Waals surface area contributed by atoms with Crippen LogP contribution in [-0.2, 0) is 14.3 Å². The molecule has 94 valence electrons. The van der Waals surface area contributed by atoms with E-state index in [1.54, 1.807) is 12.3 Å². The Morgan fingerprint density at radius 2 is 2.18 bits per heavy atom. The number of halogens is 1. The van der Waals surface area contributed by atoms with Gasteiger partial charge in [0.05, 0.1) is 12.4 Å². The second kappa shape index (κ2) is 4.92. The topological polar surface area (TPSA) is 56.3 Å². The molecule has 1 fully saturated rings. The normalized spacial score (nSPS) is 25.1. The molecule has 4 nitrogen and oxygen atoms in total. The fraction of sp³-hybridized carbons (Fsp3) is 0.545. The summed E-state index contributed by atoms with van der Waals surface area (Å²) in [5.41, 5.74) is 1.09. The molecule has 1 saturated carbocycles. The first-order valence-electron chi connectivity index (χ1n) is 5.44. The van der Waals surface area contributed by atoms with E-state index in [4.69, 9.17) is 15.8 Å². The highest BCUT2D eigenvalue weighted by molar-refractivity contribution is 7.86. The maximum absolute atomic E-state index is 11.0. The molecule has 0 spiro atoms. The Hall–Kier alpha value is -0.650. The number of pyridine rings is 1. The minimum Gasteiger partial charge on any atom is -0.267 e. The first kappa shape index (κ1) is 12.8. The Balaban J connectivity index is 2.00. The van der Waals surface area contributed by atoms with Gasteiger partial charge in [-0.25, -0.2) is 4.98 Å². The predicted octanol–water partition coefficient (Wildman–Crippen LogP) is 2.35. The van der Waals surface area contributed by atoms with Gasteiger partial charge in [0.15, 0.2) is 0 Å². The van der Waals surface area contributed by atoms with Crippen LogP contribution in [0.3, 0.4) is 0 Å². The summed E-state index contributed by atoms with van der Waals surface area (Å²) in [7, 11) is -3.36. The van der Waals surface area contributed by atoms with Crippen molar-refractivity contribution in [2.75, 3.05) is 6.26 Å². The number of hydrogen-bond donors (Lipinski definition) is 0. The van der Waals surface area contributed by atoms with Crippen molar-refractivity contribution < 1.29 is 12.6 Å². The molecular weight excluding hydrogens is 262 g/mol. The van der Waals surface area contributed by atoms with E-state index >= 15 is 0 Å². The second-order valence-electron chi connectivity index (χ2n) is 4.35. The lowest BCUT2D eigenvalue weighted by molar-refractivity contribution is 0.218. The molecule has 0 radical (unpaired) electrons. The van der Waals surface area contributed by atoms with Gasteiger partial charge in [0.2, 0.25) is 0 Å². The summed E-state index contributed by atoms with van der Waals surface area (Å²) in [6, 6.07) is 3.68. The molecular formula is C11H14ClNO3S. The maximum Gasteiger partial charge on any atom is 0.264 e. The van der Waals surface area contributed by atoms with Gasteiger partial charge in [0, 0.05) is 6.20 Å². The standard InChI is InChI=1S/C11H14ClNO3S/c1-17(14,15)16-10-4-2-8(6-10)9-3-5-11(12)13-7-9/h3,5,7-8,10H,2,4,6H2,1H3/t8-,10-/m0/s1. The highest BCUT2D eigenvalue weighted by Crippen LogP contribution is 2.36. The van der Waals surface area contributed by atoms with E-state index in [1.807, 2.05) is 6.07 Å². The SMILES string of the molecule is CS(=O)(=O)O[C@H]1CC[C@H](c2ccc(Cl)nc2)C1. The predicted molar refractivity (Wildman–Crippen MR) is 65.6 cm³/mol. The van der Waals surface area contributed by atoms with Gasteiger partial charge < -0.3 is 0 Å². The Labute approximate surface area is 106 Å². The summed E-state index contributed by atoms with van der Waals surface area (Å²) >= 11 is 5.72. The third-order valence-corrected chi connectivity index (χ3v) is 3.76. The van der Waals surface area contributed by atoms with E-state index in [-0.39, 0.29) is 6.10 Å².